The third-order valence-electron chi connectivity index (χ3n) is 11.8. The van der Waals surface area contributed by atoms with E-state index in [9.17, 15) is 0 Å². The van der Waals surface area contributed by atoms with Gasteiger partial charge in [0.2, 0.25) is 0 Å². The van der Waals surface area contributed by atoms with E-state index >= 15 is 0 Å². The first-order chi connectivity index (χ1) is 25.8. The van der Waals surface area contributed by atoms with Gasteiger partial charge in [-0.1, -0.05) is 97.1 Å². The van der Waals surface area contributed by atoms with E-state index in [1.165, 1.54) is 60.5 Å². The van der Waals surface area contributed by atoms with Crippen molar-refractivity contribution in [3.63, 3.8) is 0 Å². The molecule has 0 radical (unpaired) electrons. The fourth-order valence-electron chi connectivity index (χ4n) is 9.43. The number of furan rings is 1. The highest BCUT2D eigenvalue weighted by Gasteiger charge is 2.26. The van der Waals surface area contributed by atoms with E-state index in [4.69, 9.17) is 9.15 Å². The summed E-state index contributed by atoms with van der Waals surface area (Å²) < 4.78 is 13.6. The zero-order valence-corrected chi connectivity index (χ0v) is 28.5. The number of benzene rings is 8. The monoisotopic (exact) mass is 664 g/mol. The van der Waals surface area contributed by atoms with Crippen LogP contribution in [0.4, 0.5) is 0 Å². The van der Waals surface area contributed by atoms with E-state index in [2.05, 4.69) is 146 Å². The molecule has 0 atom stereocenters. The molecule has 12 rings (SSSR count). The van der Waals surface area contributed by atoms with Gasteiger partial charge in [0.05, 0.1) is 0 Å². The van der Waals surface area contributed by atoms with Crippen molar-refractivity contribution in [1.29, 1.82) is 0 Å². The quantitative estimate of drug-likeness (QED) is 0.172. The van der Waals surface area contributed by atoms with Gasteiger partial charge in [-0.05, 0) is 146 Å². The Bertz CT molecular complexity index is 3100. The Labute approximate surface area is 300 Å². The Morgan fingerprint density at radius 3 is 2.17 bits per heavy atom. The Kier molecular flexibility index (Phi) is 5.76. The number of hydrogen-bond donors (Lipinski definition) is 0. The molecule has 0 amide bonds. The van der Waals surface area contributed by atoms with Crippen LogP contribution in [0.5, 0.6) is 11.5 Å². The van der Waals surface area contributed by atoms with Crippen LogP contribution >= 0.6 is 0 Å². The third kappa shape index (κ3) is 3.95. The minimum Gasteiger partial charge on any atom is -0.456 e. The number of ether oxygens (including phenoxy) is 1. The Balaban J connectivity index is 1.03. The maximum atomic E-state index is 6.81. The van der Waals surface area contributed by atoms with Crippen molar-refractivity contribution in [3.8, 4) is 44.9 Å². The fourth-order valence-corrected chi connectivity index (χ4v) is 9.43. The molecule has 0 N–H and O–H groups in total. The molecule has 2 aliphatic carbocycles. The van der Waals surface area contributed by atoms with Crippen LogP contribution in [-0.4, -0.2) is 0 Å². The summed E-state index contributed by atoms with van der Waals surface area (Å²) in [6.45, 7) is 0. The molecule has 9 aromatic rings. The summed E-state index contributed by atoms with van der Waals surface area (Å²) in [5.74, 6) is 1.75. The first-order valence-electron chi connectivity index (χ1n) is 18.4. The van der Waals surface area contributed by atoms with Crippen molar-refractivity contribution in [2.75, 3.05) is 0 Å². The van der Waals surface area contributed by atoms with Crippen molar-refractivity contribution in [1.82, 2.24) is 0 Å². The molecule has 244 valence electrons. The largest absolute Gasteiger partial charge is 0.456 e. The lowest BCUT2D eigenvalue weighted by atomic mass is 9.81. The molecular formula is C50H32O2. The molecule has 2 nitrogen and oxygen atoms in total. The topological polar surface area (TPSA) is 22.4 Å². The minimum absolute atomic E-state index is 0.867. The standard InChI is InChI=1S/C50H32O2/c1-3-12-33-29(10-1)24-42(37-16-7-5-14-35(33)37)31-20-22-39-44-28-48-49(41-18-9-19-45(50(41)44)51-46(39)26-31)40-23-21-32(27-47(40)52-48)43-25-30-11-2-4-13-34(30)36-15-6-8-17-38(36)43/h1-3,5,7-12,14,16-28H,4,6,13,15H2. The normalized spacial score (nSPS) is 14.2. The molecule has 8 aromatic carbocycles. The minimum atomic E-state index is 0.867. The van der Waals surface area contributed by atoms with Crippen LogP contribution < -0.4 is 4.74 Å². The van der Waals surface area contributed by atoms with Gasteiger partial charge in [-0.25, -0.2) is 0 Å². The first kappa shape index (κ1) is 28.3. The molecule has 2 heteroatoms. The number of allylic oxidation sites excluding steroid dienone is 2. The number of hydrogen-bond acceptors (Lipinski definition) is 2. The van der Waals surface area contributed by atoms with E-state index in [0.29, 0.717) is 0 Å². The van der Waals surface area contributed by atoms with Gasteiger partial charge in [-0.3, -0.25) is 0 Å². The molecule has 1 aromatic heterocycles. The lowest BCUT2D eigenvalue weighted by Crippen LogP contribution is -2.07. The van der Waals surface area contributed by atoms with Gasteiger partial charge in [0, 0.05) is 27.3 Å². The highest BCUT2D eigenvalue weighted by Crippen LogP contribution is 2.52. The van der Waals surface area contributed by atoms with Crippen molar-refractivity contribution < 1.29 is 9.15 Å². The second kappa shape index (κ2) is 10.6. The lowest BCUT2D eigenvalue weighted by molar-refractivity contribution is 0.487. The van der Waals surface area contributed by atoms with Crippen molar-refractivity contribution in [3.05, 3.63) is 156 Å². The molecule has 0 saturated carbocycles. The highest BCUT2D eigenvalue weighted by atomic mass is 16.5. The van der Waals surface area contributed by atoms with Crippen LogP contribution in [-0.2, 0) is 12.8 Å². The molecule has 0 spiro atoms. The molecule has 0 bridgehead atoms. The molecule has 2 heterocycles. The summed E-state index contributed by atoms with van der Waals surface area (Å²) >= 11 is 0. The summed E-state index contributed by atoms with van der Waals surface area (Å²) in [4.78, 5) is 0. The van der Waals surface area contributed by atoms with Gasteiger partial charge >= 0.3 is 0 Å². The van der Waals surface area contributed by atoms with Gasteiger partial charge < -0.3 is 9.15 Å². The second-order valence-corrected chi connectivity index (χ2v) is 14.6. The van der Waals surface area contributed by atoms with Crippen molar-refractivity contribution in [2.24, 2.45) is 0 Å². The van der Waals surface area contributed by atoms with Crippen LogP contribution in [0.3, 0.4) is 0 Å². The predicted octanol–water partition coefficient (Wildman–Crippen LogP) is 14.1. The molecule has 52 heavy (non-hydrogen) atoms. The van der Waals surface area contributed by atoms with Gasteiger partial charge in [0.25, 0.3) is 0 Å². The van der Waals surface area contributed by atoms with Crippen molar-refractivity contribution >= 4 is 66.4 Å². The second-order valence-electron chi connectivity index (χ2n) is 14.6. The summed E-state index contributed by atoms with van der Waals surface area (Å²) in [7, 11) is 0. The van der Waals surface area contributed by atoms with Gasteiger partial charge in [0.15, 0.2) is 0 Å². The van der Waals surface area contributed by atoms with Gasteiger partial charge in [0.1, 0.15) is 22.7 Å². The molecule has 1 aliphatic heterocycles. The van der Waals surface area contributed by atoms with E-state index in [-0.39, 0.29) is 0 Å². The average Bonchev–Trinajstić information content (AvgIpc) is 3.58. The number of rotatable bonds is 2. The van der Waals surface area contributed by atoms with Crippen LogP contribution in [0.15, 0.2) is 138 Å². The maximum Gasteiger partial charge on any atom is 0.136 e. The van der Waals surface area contributed by atoms with Crippen LogP contribution in [0.25, 0.3) is 99.8 Å². The Morgan fingerprint density at radius 1 is 0.442 bits per heavy atom. The van der Waals surface area contributed by atoms with Gasteiger partial charge in [-0.2, -0.15) is 0 Å². The summed E-state index contributed by atoms with van der Waals surface area (Å²) in [5.41, 5.74) is 14.7. The number of fused-ring (bicyclic) bond motifs is 12. The summed E-state index contributed by atoms with van der Waals surface area (Å²) in [6, 6.07) is 44.2. The van der Waals surface area contributed by atoms with Crippen molar-refractivity contribution in [2.45, 2.75) is 25.7 Å². The zero-order valence-electron chi connectivity index (χ0n) is 28.5. The molecular weight excluding hydrogens is 633 g/mol. The first-order valence-corrected chi connectivity index (χ1v) is 18.4. The van der Waals surface area contributed by atoms with E-state index < -0.39 is 0 Å². The predicted molar refractivity (Wildman–Crippen MR) is 217 cm³/mol. The molecule has 0 fully saturated rings. The smallest absolute Gasteiger partial charge is 0.136 e. The Hall–Kier alpha value is -6.38. The maximum absolute atomic E-state index is 6.81. The molecule has 0 saturated heterocycles. The van der Waals surface area contributed by atoms with E-state index in [1.54, 1.807) is 0 Å². The van der Waals surface area contributed by atoms with E-state index in [1.807, 2.05) is 0 Å². The molecule has 3 aliphatic rings. The summed E-state index contributed by atoms with van der Waals surface area (Å²) in [5, 5.41) is 9.59. The summed E-state index contributed by atoms with van der Waals surface area (Å²) in [6.07, 6.45) is 13.8. The van der Waals surface area contributed by atoms with Crippen LogP contribution in [0.1, 0.15) is 35.1 Å². The third-order valence-corrected chi connectivity index (χ3v) is 11.8. The van der Waals surface area contributed by atoms with Crippen LogP contribution in [0.2, 0.25) is 0 Å². The lowest BCUT2D eigenvalue weighted by Gasteiger charge is -2.23. The highest BCUT2D eigenvalue weighted by molar-refractivity contribution is 6.24. The zero-order chi connectivity index (χ0) is 33.9. The molecule has 0 unspecified atom stereocenters. The SMILES string of the molecule is C1=Cc2cc(-c3ccc4c(c3)oc3cc5c6c(cccc6c34)Oc3cc(-c4cc6ccccc6c6ccccc46)ccc3-5)c3c(c2CC1)CCC=C3. The average molecular weight is 665 g/mol. The van der Waals surface area contributed by atoms with E-state index in [0.717, 1.165) is 86.6 Å². The van der Waals surface area contributed by atoms with Crippen LogP contribution in [0, 0.1) is 0 Å². The van der Waals surface area contributed by atoms with Gasteiger partial charge in [-0.15, -0.1) is 0 Å². The fraction of sp³-hybridized carbons (Fsp3) is 0.0800. The Morgan fingerprint density at radius 2 is 1.23 bits per heavy atom.